The monoisotopic (exact) mass is 455 g/mol. The van der Waals surface area contributed by atoms with E-state index in [9.17, 15) is 14.4 Å². The summed E-state index contributed by atoms with van der Waals surface area (Å²) in [6.45, 7) is 4.57. The second-order valence-electron chi connectivity index (χ2n) is 7.33. The lowest BCUT2D eigenvalue weighted by Gasteiger charge is -2.16. The second kappa shape index (κ2) is 10.4. The Balaban J connectivity index is 1.59. The molecule has 0 aliphatic carbocycles. The summed E-state index contributed by atoms with van der Waals surface area (Å²) >= 11 is 1.40. The summed E-state index contributed by atoms with van der Waals surface area (Å²) in [5.41, 5.74) is 2.99. The molecule has 0 saturated carbocycles. The smallest absolute Gasteiger partial charge is 0.310 e. The maximum atomic E-state index is 12.4. The maximum absolute atomic E-state index is 12.4. The zero-order valence-electron chi connectivity index (χ0n) is 18.4. The van der Waals surface area contributed by atoms with Crippen LogP contribution >= 0.6 is 11.8 Å². The molecule has 2 heterocycles. The van der Waals surface area contributed by atoms with E-state index in [-0.39, 0.29) is 12.2 Å². The highest BCUT2D eigenvalue weighted by molar-refractivity contribution is 7.98. The number of aromatic nitrogens is 4. The minimum atomic E-state index is -0.683. The van der Waals surface area contributed by atoms with Crippen LogP contribution in [0.4, 0.5) is 0 Å². The molecule has 0 fully saturated rings. The van der Waals surface area contributed by atoms with E-state index in [1.165, 1.54) is 18.7 Å². The van der Waals surface area contributed by atoms with Crippen molar-refractivity contribution in [1.29, 1.82) is 0 Å². The average Bonchev–Trinajstić information content (AvgIpc) is 3.18. The van der Waals surface area contributed by atoms with Crippen molar-refractivity contribution in [1.82, 2.24) is 24.9 Å². The molecule has 1 N–H and O–H groups in total. The summed E-state index contributed by atoms with van der Waals surface area (Å²) in [5.74, 6) is -0.802. The number of ketones is 1. The number of Topliss-reactive ketones (excluding diaryl/α,β-unsaturated/α-hetero) is 1. The summed E-state index contributed by atoms with van der Waals surface area (Å²) in [6.07, 6.45) is 2.19. The zero-order valence-corrected chi connectivity index (χ0v) is 19.2. The number of fused-ring (bicyclic) bond motifs is 1. The molecule has 0 aliphatic heterocycles. The van der Waals surface area contributed by atoms with Crippen LogP contribution in [0, 0.1) is 13.8 Å². The van der Waals surface area contributed by atoms with Gasteiger partial charge in [-0.3, -0.25) is 14.4 Å². The molecule has 168 valence electrons. The number of thioether (sulfide) groups is 1. The molecule has 0 aliphatic rings. The summed E-state index contributed by atoms with van der Waals surface area (Å²) < 4.78 is 6.74. The molecule has 10 heteroatoms. The predicted octanol–water partition coefficient (Wildman–Crippen LogP) is 1.87. The minimum absolute atomic E-state index is 0.0531. The van der Waals surface area contributed by atoms with Crippen molar-refractivity contribution in [3.05, 3.63) is 52.8 Å². The summed E-state index contributed by atoms with van der Waals surface area (Å²) in [7, 11) is 0. The molecule has 2 aromatic heterocycles. The Hall–Kier alpha value is -3.27. The third-order valence-electron chi connectivity index (χ3n) is 5.01. The minimum Gasteiger partial charge on any atom is -0.455 e. The van der Waals surface area contributed by atoms with Crippen molar-refractivity contribution in [3.8, 4) is 0 Å². The third-order valence-corrected chi connectivity index (χ3v) is 5.54. The number of hydrogen-bond donors (Lipinski definition) is 1. The number of nitrogens with one attached hydrogen (secondary N) is 1. The number of carbonyl (C=O) groups excluding carboxylic acids is 3. The van der Waals surface area contributed by atoms with Gasteiger partial charge in [0.2, 0.25) is 5.16 Å². The highest BCUT2D eigenvalue weighted by Crippen LogP contribution is 2.17. The first-order chi connectivity index (χ1) is 15.3. The van der Waals surface area contributed by atoms with Crippen molar-refractivity contribution in [2.24, 2.45) is 0 Å². The number of hydrogen-bond acceptors (Lipinski definition) is 8. The Labute approximate surface area is 190 Å². The van der Waals surface area contributed by atoms with Gasteiger partial charge in [0.05, 0.1) is 12.5 Å². The van der Waals surface area contributed by atoms with Gasteiger partial charge in [-0.15, -0.1) is 5.10 Å². The molecule has 3 aromatic rings. The van der Waals surface area contributed by atoms with Crippen LogP contribution in [0.3, 0.4) is 0 Å². The molecular formula is C22H25N5O4S. The molecular weight excluding hydrogens is 430 g/mol. The fourth-order valence-electron chi connectivity index (χ4n) is 3.26. The molecule has 1 unspecified atom stereocenters. The number of amides is 1. The molecule has 1 aromatic carbocycles. The summed E-state index contributed by atoms with van der Waals surface area (Å²) in [6, 6.07) is 8.70. The Bertz CT molecular complexity index is 1150. The van der Waals surface area contributed by atoms with Gasteiger partial charge < -0.3 is 10.1 Å². The van der Waals surface area contributed by atoms with E-state index in [2.05, 4.69) is 20.4 Å². The highest BCUT2D eigenvalue weighted by atomic mass is 32.2. The first-order valence-corrected chi connectivity index (χ1v) is 11.3. The number of esters is 1. The largest absolute Gasteiger partial charge is 0.455 e. The van der Waals surface area contributed by atoms with Gasteiger partial charge >= 0.3 is 5.97 Å². The van der Waals surface area contributed by atoms with Crippen molar-refractivity contribution >= 4 is 35.2 Å². The van der Waals surface area contributed by atoms with Crippen LogP contribution < -0.4 is 5.32 Å². The van der Waals surface area contributed by atoms with Crippen LogP contribution in [0.1, 0.15) is 29.4 Å². The second-order valence-corrected chi connectivity index (χ2v) is 8.10. The van der Waals surface area contributed by atoms with E-state index < -0.39 is 24.5 Å². The van der Waals surface area contributed by atoms with Gasteiger partial charge in [-0.1, -0.05) is 42.1 Å². The number of rotatable bonds is 9. The normalized spacial score (nSPS) is 11.9. The molecule has 1 amide bonds. The van der Waals surface area contributed by atoms with Crippen molar-refractivity contribution in [3.63, 3.8) is 0 Å². The highest BCUT2D eigenvalue weighted by Gasteiger charge is 2.20. The maximum Gasteiger partial charge on any atom is 0.310 e. The summed E-state index contributed by atoms with van der Waals surface area (Å²) in [4.78, 5) is 45.3. The van der Waals surface area contributed by atoms with Crippen LogP contribution in [0.15, 0.2) is 35.5 Å². The van der Waals surface area contributed by atoms with Gasteiger partial charge in [-0.2, -0.15) is 4.98 Å². The molecule has 0 radical (unpaired) electrons. The zero-order chi connectivity index (χ0) is 23.3. The molecule has 9 nitrogen and oxygen atoms in total. The van der Waals surface area contributed by atoms with Crippen molar-refractivity contribution < 1.29 is 19.1 Å². The number of aryl methyl sites for hydroxylation is 2. The summed E-state index contributed by atoms with van der Waals surface area (Å²) in [5, 5.41) is 7.58. The van der Waals surface area contributed by atoms with E-state index >= 15 is 0 Å². The first kappa shape index (κ1) is 23.4. The predicted molar refractivity (Wildman–Crippen MR) is 119 cm³/mol. The molecule has 32 heavy (non-hydrogen) atoms. The number of nitrogens with zero attached hydrogens (tertiary/aromatic N) is 4. The van der Waals surface area contributed by atoms with Crippen LogP contribution in [-0.4, -0.2) is 56.1 Å². The van der Waals surface area contributed by atoms with Crippen molar-refractivity contribution in [2.75, 3.05) is 12.9 Å². The molecule has 3 rings (SSSR count). The fraction of sp³-hybridized carbons (Fsp3) is 0.364. The Morgan fingerprint density at radius 1 is 1.16 bits per heavy atom. The van der Waals surface area contributed by atoms with Crippen LogP contribution in [-0.2, 0) is 32.0 Å². The average molecular weight is 456 g/mol. The fourth-order valence-corrected chi connectivity index (χ4v) is 3.59. The van der Waals surface area contributed by atoms with Gasteiger partial charge in [-0.25, -0.2) is 9.50 Å². The van der Waals surface area contributed by atoms with Crippen LogP contribution in [0.2, 0.25) is 0 Å². The van der Waals surface area contributed by atoms with E-state index in [4.69, 9.17) is 4.74 Å². The van der Waals surface area contributed by atoms with Crippen LogP contribution in [0.5, 0.6) is 0 Å². The quantitative estimate of drug-likeness (QED) is 0.384. The van der Waals surface area contributed by atoms with Gasteiger partial charge in [0, 0.05) is 17.0 Å². The third kappa shape index (κ3) is 5.70. The Morgan fingerprint density at radius 2 is 1.88 bits per heavy atom. The van der Waals surface area contributed by atoms with E-state index in [1.807, 2.05) is 43.5 Å². The SMILES string of the molecule is CSc1nc2nc(C)c(CC(=O)OCC(=O)NC(Cc3ccccc3)C(C)=O)c(C)n2n1. The van der Waals surface area contributed by atoms with Gasteiger partial charge in [0.25, 0.3) is 11.7 Å². The molecule has 0 bridgehead atoms. The van der Waals surface area contributed by atoms with Crippen LogP contribution in [0.25, 0.3) is 5.78 Å². The standard InChI is InChI=1S/C22H25N5O4S/c1-13-17(14(2)27-21(23-13)25-22(26-27)32-4)11-20(30)31-12-19(29)24-18(15(3)28)10-16-8-6-5-7-9-16/h5-9,18H,10-12H2,1-4H3,(H,24,29). The number of carbonyl (C=O) groups is 3. The Morgan fingerprint density at radius 3 is 2.53 bits per heavy atom. The topological polar surface area (TPSA) is 116 Å². The van der Waals surface area contributed by atoms with E-state index in [1.54, 1.807) is 11.4 Å². The lowest BCUT2D eigenvalue weighted by atomic mass is 10.0. The Kier molecular flexibility index (Phi) is 7.57. The lowest BCUT2D eigenvalue weighted by Crippen LogP contribution is -2.43. The first-order valence-electron chi connectivity index (χ1n) is 10.0. The van der Waals surface area contributed by atoms with Gasteiger partial charge in [0.1, 0.15) is 0 Å². The number of ether oxygens (including phenoxy) is 1. The van der Waals surface area contributed by atoms with E-state index in [0.717, 1.165) is 11.3 Å². The lowest BCUT2D eigenvalue weighted by molar-refractivity contribution is -0.148. The van der Waals surface area contributed by atoms with Gasteiger partial charge in [-0.05, 0) is 39.0 Å². The van der Waals surface area contributed by atoms with Crippen molar-refractivity contribution in [2.45, 2.75) is 44.8 Å². The molecule has 0 spiro atoms. The van der Waals surface area contributed by atoms with Gasteiger partial charge in [0.15, 0.2) is 12.4 Å². The number of benzene rings is 1. The van der Waals surface area contributed by atoms with E-state index in [0.29, 0.717) is 28.6 Å². The molecule has 1 atom stereocenters. The molecule has 0 saturated heterocycles.